The summed E-state index contributed by atoms with van der Waals surface area (Å²) in [5.74, 6) is 0.226. The Labute approximate surface area is 133 Å². The third-order valence-corrected chi connectivity index (χ3v) is 3.26. The van der Waals surface area contributed by atoms with Crippen LogP contribution in [-0.4, -0.2) is 32.1 Å². The van der Waals surface area contributed by atoms with Crippen molar-refractivity contribution >= 4 is 11.6 Å². The summed E-state index contributed by atoms with van der Waals surface area (Å²) in [6.45, 7) is 2.83. The number of nitro benzene ring substituents is 1. The number of hydrogen-bond acceptors (Lipinski definition) is 5. The fraction of sp³-hybridized carbons (Fsp3) is 0.400. The van der Waals surface area contributed by atoms with Crippen LogP contribution in [0.3, 0.4) is 0 Å². The normalized spacial score (nSPS) is 10.5. The van der Waals surface area contributed by atoms with Crippen molar-refractivity contribution in [2.75, 3.05) is 6.54 Å². The lowest BCUT2D eigenvalue weighted by atomic mass is 10.2. The van der Waals surface area contributed by atoms with Gasteiger partial charge in [0.15, 0.2) is 5.82 Å². The maximum absolute atomic E-state index is 11.8. The maximum atomic E-state index is 11.8. The monoisotopic (exact) mass is 317 g/mol. The van der Waals surface area contributed by atoms with Crippen molar-refractivity contribution in [3.05, 3.63) is 40.7 Å². The maximum Gasteiger partial charge on any atom is 0.270 e. The quantitative estimate of drug-likeness (QED) is 0.456. The first-order valence-corrected chi connectivity index (χ1v) is 7.51. The summed E-state index contributed by atoms with van der Waals surface area (Å²) in [5.41, 5.74) is 0.522. The number of hydrogen-bond donors (Lipinski definition) is 1. The van der Waals surface area contributed by atoms with E-state index in [0.717, 1.165) is 19.3 Å². The number of benzene rings is 1. The van der Waals surface area contributed by atoms with Gasteiger partial charge in [-0.3, -0.25) is 14.9 Å². The molecule has 0 unspecified atom stereocenters. The number of aromatic nitrogens is 3. The highest BCUT2D eigenvalue weighted by Gasteiger charge is 2.11. The summed E-state index contributed by atoms with van der Waals surface area (Å²) in [6, 6.07) is 6.08. The number of nitrogens with one attached hydrogen (secondary N) is 1. The standard InChI is InChI=1S/C15H19N5O3/c1-2-3-4-8-16-14(21)10-19-11-17-15(18-19)12-6-5-7-13(9-12)20(22)23/h5-7,9,11H,2-4,8,10H2,1H3,(H,16,21). The van der Waals surface area contributed by atoms with Crippen LogP contribution < -0.4 is 5.32 Å². The molecule has 0 saturated carbocycles. The Morgan fingerprint density at radius 1 is 1.39 bits per heavy atom. The Balaban J connectivity index is 1.96. The molecule has 1 N–H and O–H groups in total. The van der Waals surface area contributed by atoms with Crippen molar-refractivity contribution in [1.82, 2.24) is 20.1 Å². The molecule has 1 amide bonds. The first-order chi connectivity index (χ1) is 11.1. The Kier molecular flexibility index (Phi) is 5.79. The molecule has 0 aliphatic rings. The molecule has 0 radical (unpaired) electrons. The van der Waals surface area contributed by atoms with E-state index in [1.165, 1.54) is 23.1 Å². The lowest BCUT2D eigenvalue weighted by Gasteiger charge is -2.04. The van der Waals surface area contributed by atoms with Gasteiger partial charge in [-0.1, -0.05) is 31.9 Å². The number of rotatable bonds is 8. The van der Waals surface area contributed by atoms with Gasteiger partial charge in [-0.15, -0.1) is 0 Å². The third kappa shape index (κ3) is 4.87. The zero-order chi connectivity index (χ0) is 16.7. The number of nitrogens with zero attached hydrogens (tertiary/aromatic N) is 4. The molecule has 1 aromatic heterocycles. The Morgan fingerprint density at radius 2 is 2.22 bits per heavy atom. The summed E-state index contributed by atoms with van der Waals surface area (Å²) < 4.78 is 1.42. The van der Waals surface area contributed by atoms with Crippen LogP contribution in [0.5, 0.6) is 0 Å². The predicted octanol–water partition coefficient (Wildman–Crippen LogP) is 2.16. The van der Waals surface area contributed by atoms with Gasteiger partial charge in [0.25, 0.3) is 5.69 Å². The molecule has 0 bridgehead atoms. The van der Waals surface area contributed by atoms with E-state index in [-0.39, 0.29) is 18.1 Å². The van der Waals surface area contributed by atoms with E-state index in [0.29, 0.717) is 17.9 Å². The molecular weight excluding hydrogens is 298 g/mol. The summed E-state index contributed by atoms with van der Waals surface area (Å²) in [5, 5.41) is 17.8. The van der Waals surface area contributed by atoms with E-state index in [2.05, 4.69) is 22.3 Å². The Morgan fingerprint density at radius 3 is 2.96 bits per heavy atom. The minimum atomic E-state index is -0.468. The molecule has 8 nitrogen and oxygen atoms in total. The van der Waals surface area contributed by atoms with Gasteiger partial charge in [0, 0.05) is 24.2 Å². The summed E-state index contributed by atoms with van der Waals surface area (Å²) in [7, 11) is 0. The number of amides is 1. The Bertz CT molecular complexity index is 683. The first kappa shape index (κ1) is 16.6. The highest BCUT2D eigenvalue weighted by atomic mass is 16.6. The van der Waals surface area contributed by atoms with Gasteiger partial charge in [0.05, 0.1) is 4.92 Å². The van der Waals surface area contributed by atoms with Crippen LogP contribution in [0.25, 0.3) is 11.4 Å². The molecule has 2 aromatic rings. The van der Waals surface area contributed by atoms with E-state index < -0.39 is 4.92 Å². The van der Waals surface area contributed by atoms with Crippen molar-refractivity contribution < 1.29 is 9.72 Å². The number of unbranched alkanes of at least 4 members (excludes halogenated alkanes) is 2. The van der Waals surface area contributed by atoms with Gasteiger partial charge in [0.2, 0.25) is 5.91 Å². The lowest BCUT2D eigenvalue weighted by Crippen LogP contribution is -2.28. The topological polar surface area (TPSA) is 103 Å². The van der Waals surface area contributed by atoms with Crippen molar-refractivity contribution in [1.29, 1.82) is 0 Å². The van der Waals surface area contributed by atoms with Crippen LogP contribution in [-0.2, 0) is 11.3 Å². The first-order valence-electron chi connectivity index (χ1n) is 7.51. The molecule has 8 heteroatoms. The minimum Gasteiger partial charge on any atom is -0.354 e. The fourth-order valence-corrected chi connectivity index (χ4v) is 2.07. The molecular formula is C15H19N5O3. The second kappa shape index (κ2) is 8.02. The third-order valence-electron chi connectivity index (χ3n) is 3.26. The molecule has 1 heterocycles. The number of carbonyl (C=O) groups is 1. The molecule has 0 aliphatic heterocycles. The highest BCUT2D eigenvalue weighted by Crippen LogP contribution is 2.20. The molecule has 0 spiro atoms. The lowest BCUT2D eigenvalue weighted by molar-refractivity contribution is -0.384. The van der Waals surface area contributed by atoms with Crippen LogP contribution in [0.15, 0.2) is 30.6 Å². The molecule has 122 valence electrons. The van der Waals surface area contributed by atoms with Crippen LogP contribution in [0, 0.1) is 10.1 Å². The molecule has 1 aromatic carbocycles. The zero-order valence-corrected chi connectivity index (χ0v) is 12.9. The van der Waals surface area contributed by atoms with Gasteiger partial charge in [0.1, 0.15) is 12.9 Å². The molecule has 0 aliphatic carbocycles. The minimum absolute atomic E-state index is 0.0208. The van der Waals surface area contributed by atoms with Crippen molar-refractivity contribution in [2.24, 2.45) is 0 Å². The largest absolute Gasteiger partial charge is 0.354 e. The van der Waals surface area contributed by atoms with E-state index >= 15 is 0 Å². The fourth-order valence-electron chi connectivity index (χ4n) is 2.07. The van der Waals surface area contributed by atoms with Crippen molar-refractivity contribution in [2.45, 2.75) is 32.7 Å². The predicted molar refractivity (Wildman–Crippen MR) is 84.6 cm³/mol. The highest BCUT2D eigenvalue weighted by molar-refractivity contribution is 5.75. The molecule has 0 saturated heterocycles. The van der Waals surface area contributed by atoms with Crippen LogP contribution in [0.4, 0.5) is 5.69 Å². The number of carbonyl (C=O) groups excluding carboxylic acids is 1. The van der Waals surface area contributed by atoms with Gasteiger partial charge in [-0.25, -0.2) is 9.67 Å². The van der Waals surface area contributed by atoms with E-state index in [4.69, 9.17) is 0 Å². The zero-order valence-electron chi connectivity index (χ0n) is 12.9. The van der Waals surface area contributed by atoms with Crippen molar-refractivity contribution in [3.63, 3.8) is 0 Å². The van der Waals surface area contributed by atoms with Crippen LogP contribution in [0.2, 0.25) is 0 Å². The van der Waals surface area contributed by atoms with E-state index in [1.54, 1.807) is 12.1 Å². The van der Waals surface area contributed by atoms with Gasteiger partial charge < -0.3 is 5.32 Å². The van der Waals surface area contributed by atoms with Crippen LogP contribution in [0.1, 0.15) is 26.2 Å². The summed E-state index contributed by atoms with van der Waals surface area (Å²) in [4.78, 5) is 26.2. The summed E-state index contributed by atoms with van der Waals surface area (Å²) in [6.07, 6.45) is 4.59. The van der Waals surface area contributed by atoms with Crippen LogP contribution >= 0.6 is 0 Å². The van der Waals surface area contributed by atoms with Gasteiger partial charge in [-0.05, 0) is 6.42 Å². The molecule has 2 rings (SSSR count). The molecule has 23 heavy (non-hydrogen) atoms. The second-order valence-electron chi connectivity index (χ2n) is 5.13. The smallest absolute Gasteiger partial charge is 0.270 e. The average Bonchev–Trinajstić information content (AvgIpc) is 3.00. The van der Waals surface area contributed by atoms with Gasteiger partial charge >= 0.3 is 0 Å². The van der Waals surface area contributed by atoms with E-state index in [9.17, 15) is 14.9 Å². The van der Waals surface area contributed by atoms with Gasteiger partial charge in [-0.2, -0.15) is 5.10 Å². The SMILES string of the molecule is CCCCCNC(=O)Cn1cnc(-c2cccc([N+](=O)[O-])c2)n1. The molecule has 0 fully saturated rings. The number of non-ortho nitro benzene ring substituents is 1. The molecule has 0 atom stereocenters. The second-order valence-corrected chi connectivity index (χ2v) is 5.13. The van der Waals surface area contributed by atoms with Crippen molar-refractivity contribution in [3.8, 4) is 11.4 Å². The Hall–Kier alpha value is -2.77. The van der Waals surface area contributed by atoms with E-state index in [1.807, 2.05) is 0 Å². The number of nitro groups is 1. The average molecular weight is 317 g/mol. The summed E-state index contributed by atoms with van der Waals surface area (Å²) >= 11 is 0.